The quantitative estimate of drug-likeness (QED) is 0.176. The molecule has 3 atom stereocenters. The topological polar surface area (TPSA) is 197 Å². The maximum atomic E-state index is 14.8. The van der Waals surface area contributed by atoms with E-state index in [0.29, 0.717) is 35.1 Å². The molecule has 15 heteroatoms. The Balaban J connectivity index is 1.77. The van der Waals surface area contributed by atoms with Crippen LogP contribution in [0.15, 0.2) is 50.5 Å². The van der Waals surface area contributed by atoms with Crippen molar-refractivity contribution in [3.63, 3.8) is 0 Å². The zero-order valence-electron chi connectivity index (χ0n) is 29.8. The lowest BCUT2D eigenvalue weighted by molar-refractivity contribution is -0.155. The average Bonchev–Trinajstić information content (AvgIpc) is 3.67. The summed E-state index contributed by atoms with van der Waals surface area (Å²) in [5, 5.41) is 0. The van der Waals surface area contributed by atoms with E-state index in [1.54, 1.807) is 58.9 Å². The van der Waals surface area contributed by atoms with Crippen LogP contribution < -0.4 is 17.0 Å². The van der Waals surface area contributed by atoms with Gasteiger partial charge >= 0.3 is 17.7 Å². The van der Waals surface area contributed by atoms with E-state index in [1.165, 1.54) is 18.7 Å². The first-order valence-electron chi connectivity index (χ1n) is 16.7. The Labute approximate surface area is 289 Å². The van der Waals surface area contributed by atoms with Crippen molar-refractivity contribution < 1.29 is 33.1 Å². The zero-order valence-corrected chi connectivity index (χ0v) is 29.8. The van der Waals surface area contributed by atoms with Crippen LogP contribution in [0.4, 0.5) is 4.79 Å². The van der Waals surface area contributed by atoms with Gasteiger partial charge in [0.25, 0.3) is 17.4 Å². The summed E-state index contributed by atoms with van der Waals surface area (Å²) in [4.78, 5) is 102. The minimum atomic E-state index is -2.43. The number of nitrogens with two attached hydrogens (primary N) is 1. The van der Waals surface area contributed by atoms with Crippen molar-refractivity contribution in [2.75, 3.05) is 6.54 Å². The highest BCUT2D eigenvalue weighted by molar-refractivity contribution is 6.16. The fourth-order valence-electron chi connectivity index (χ4n) is 6.01. The Kier molecular flexibility index (Phi) is 11.0. The van der Waals surface area contributed by atoms with Gasteiger partial charge in [0.2, 0.25) is 5.78 Å². The molecule has 1 saturated heterocycles. The molecule has 0 radical (unpaired) electrons. The summed E-state index contributed by atoms with van der Waals surface area (Å²) in [6, 6.07) is 5.17. The highest BCUT2D eigenvalue weighted by Gasteiger charge is 2.53. The van der Waals surface area contributed by atoms with E-state index in [0.717, 1.165) is 21.7 Å². The number of nitrogens with zero attached hydrogens (tertiary/aromatic N) is 5. The maximum Gasteiger partial charge on any atom is 0.331 e. The van der Waals surface area contributed by atoms with Gasteiger partial charge in [0.05, 0.1) is 6.54 Å². The number of oxazole rings is 1. The molecule has 1 aliphatic heterocycles. The predicted molar refractivity (Wildman–Crippen MR) is 182 cm³/mol. The fraction of sp³-hybridized carbons (Fsp3) is 0.543. The molecule has 3 aromatic rings. The van der Waals surface area contributed by atoms with Gasteiger partial charge < -0.3 is 19.8 Å². The predicted octanol–water partition coefficient (Wildman–Crippen LogP) is 2.76. The first-order chi connectivity index (χ1) is 23.3. The normalized spacial score (nSPS) is 16.8. The van der Waals surface area contributed by atoms with E-state index < -0.39 is 82.8 Å². The van der Waals surface area contributed by atoms with Gasteiger partial charge in [-0.1, -0.05) is 39.8 Å². The van der Waals surface area contributed by atoms with Crippen molar-refractivity contribution in [1.82, 2.24) is 23.9 Å². The van der Waals surface area contributed by atoms with E-state index in [2.05, 4.69) is 4.98 Å². The molecule has 1 fully saturated rings. The molecule has 0 spiro atoms. The number of urea groups is 1. The van der Waals surface area contributed by atoms with Crippen LogP contribution in [0.2, 0.25) is 0 Å². The number of esters is 1. The summed E-state index contributed by atoms with van der Waals surface area (Å²) in [6.07, 6.45) is 2.39. The summed E-state index contributed by atoms with van der Waals surface area (Å²) < 4.78 is 12.4. The number of ether oxygens (including phenoxy) is 1. The van der Waals surface area contributed by atoms with E-state index in [9.17, 15) is 33.6 Å². The number of aromatic nitrogens is 3. The van der Waals surface area contributed by atoms with Crippen LogP contribution in [0.25, 0.3) is 11.1 Å². The molecule has 4 rings (SSSR count). The molecule has 50 heavy (non-hydrogen) atoms. The largest absolute Gasteiger partial charge is 0.459 e. The molecule has 1 aliphatic rings. The maximum absolute atomic E-state index is 14.8. The molecule has 3 amide bonds. The molecular formula is C35H46N6O9. The van der Waals surface area contributed by atoms with Crippen molar-refractivity contribution in [1.29, 1.82) is 0 Å². The van der Waals surface area contributed by atoms with Crippen LogP contribution in [0.3, 0.4) is 0 Å². The molecule has 0 bridgehead atoms. The lowest BCUT2D eigenvalue weighted by Crippen LogP contribution is -2.69. The third-order valence-corrected chi connectivity index (χ3v) is 8.79. The van der Waals surface area contributed by atoms with E-state index in [4.69, 9.17) is 14.9 Å². The van der Waals surface area contributed by atoms with Gasteiger partial charge in [-0.15, -0.1) is 0 Å². The molecule has 270 valence electrons. The standard InChI is InChI=1S/C35H46N6O9/c1-20(2)28(29(45)30-37-23-13-9-10-14-24(23)49-30)41(33(48)39-16-11-12-22(39)5)31(46)35(36,21(3)4)25(42)18-38-17-15-26(43)40(32(38)47)19-27(44)50-34(6,7)8/h9-10,13-15,17,20-22,28H,11-12,16,18-19,36H2,1-8H3/t22-,28+,35-/m1/s1. The van der Waals surface area contributed by atoms with Gasteiger partial charge in [0.1, 0.15) is 23.7 Å². The average molecular weight is 695 g/mol. The summed E-state index contributed by atoms with van der Waals surface area (Å²) in [5.41, 5.74) is 2.33. The van der Waals surface area contributed by atoms with Crippen molar-refractivity contribution in [3.05, 3.63) is 63.3 Å². The third-order valence-electron chi connectivity index (χ3n) is 8.79. The number of amides is 3. The second-order valence-corrected chi connectivity index (χ2v) is 14.4. The number of Topliss-reactive ketones (excluding diaryl/α,β-unsaturated/α-hetero) is 2. The number of carbonyl (C=O) groups excluding carboxylic acids is 5. The van der Waals surface area contributed by atoms with Crippen molar-refractivity contribution in [2.45, 2.75) is 105 Å². The molecule has 2 N–H and O–H groups in total. The van der Waals surface area contributed by atoms with Crippen molar-refractivity contribution in [3.8, 4) is 0 Å². The van der Waals surface area contributed by atoms with Crippen molar-refractivity contribution in [2.24, 2.45) is 17.6 Å². The smallest absolute Gasteiger partial charge is 0.331 e. The Morgan fingerprint density at radius 3 is 2.26 bits per heavy atom. The van der Waals surface area contributed by atoms with Gasteiger partial charge in [0.15, 0.2) is 16.9 Å². The highest BCUT2D eigenvalue weighted by Crippen LogP contribution is 2.29. The van der Waals surface area contributed by atoms with Gasteiger partial charge in [-0.2, -0.15) is 0 Å². The Morgan fingerprint density at radius 2 is 1.70 bits per heavy atom. The minimum absolute atomic E-state index is 0.267. The number of hydrogen-bond donors (Lipinski definition) is 1. The number of hydrogen-bond acceptors (Lipinski definition) is 11. The third kappa shape index (κ3) is 7.62. The minimum Gasteiger partial charge on any atom is -0.459 e. The number of fused-ring (bicyclic) bond motifs is 1. The molecule has 2 aromatic heterocycles. The highest BCUT2D eigenvalue weighted by atomic mass is 16.6. The molecular weight excluding hydrogens is 648 g/mol. The molecule has 0 aliphatic carbocycles. The number of rotatable bonds is 11. The van der Waals surface area contributed by atoms with E-state index >= 15 is 0 Å². The first-order valence-corrected chi connectivity index (χ1v) is 16.7. The molecule has 3 heterocycles. The number of carbonyl (C=O) groups is 5. The first kappa shape index (κ1) is 37.9. The summed E-state index contributed by atoms with van der Waals surface area (Å²) in [5.74, 6) is -5.64. The Morgan fingerprint density at radius 1 is 1.04 bits per heavy atom. The summed E-state index contributed by atoms with van der Waals surface area (Å²) in [7, 11) is 0. The lowest BCUT2D eigenvalue weighted by atomic mass is 9.80. The fourth-order valence-corrected chi connectivity index (χ4v) is 6.01. The van der Waals surface area contributed by atoms with Gasteiger partial charge in [-0.25, -0.2) is 19.1 Å². The number of likely N-dealkylation sites (tertiary alicyclic amines) is 1. The Hall–Kier alpha value is -4.92. The molecule has 15 nitrogen and oxygen atoms in total. The van der Waals surface area contributed by atoms with E-state index in [-0.39, 0.29) is 11.9 Å². The van der Waals surface area contributed by atoms with Crippen LogP contribution in [-0.4, -0.2) is 83.2 Å². The van der Waals surface area contributed by atoms with Crippen LogP contribution in [0.1, 0.15) is 78.9 Å². The monoisotopic (exact) mass is 694 g/mol. The second kappa shape index (κ2) is 14.5. The van der Waals surface area contributed by atoms with Gasteiger partial charge in [-0.3, -0.25) is 33.4 Å². The lowest BCUT2D eigenvalue weighted by Gasteiger charge is -2.41. The summed E-state index contributed by atoms with van der Waals surface area (Å²) in [6.45, 7) is 11.8. The van der Waals surface area contributed by atoms with E-state index in [1.807, 2.05) is 6.92 Å². The number of ketones is 2. The van der Waals surface area contributed by atoms with Crippen molar-refractivity contribution >= 4 is 40.6 Å². The zero-order chi connectivity index (χ0) is 37.3. The number of benzene rings is 1. The number of para-hydroxylation sites is 2. The Bertz CT molecular complexity index is 1880. The molecule has 1 aromatic carbocycles. The molecule has 0 unspecified atom stereocenters. The van der Waals surface area contributed by atoms with Crippen LogP contribution in [0, 0.1) is 11.8 Å². The van der Waals surface area contributed by atoms with Crippen LogP contribution >= 0.6 is 0 Å². The second-order valence-electron chi connectivity index (χ2n) is 14.4. The molecule has 0 saturated carbocycles. The van der Waals surface area contributed by atoms with Gasteiger partial charge in [-0.05, 0) is 64.5 Å². The van der Waals surface area contributed by atoms with Crippen LogP contribution in [0.5, 0.6) is 0 Å². The number of imide groups is 1. The summed E-state index contributed by atoms with van der Waals surface area (Å²) >= 11 is 0. The SMILES string of the molecule is CC(C)[C@@H](C(=O)c1nc2ccccc2o1)N(C(=O)N1CCC[C@H]1C)C(=O)[C@](N)(C(=O)Cn1ccc(=O)n(CC(=O)OC(C)(C)C)c1=O)C(C)C. The van der Waals surface area contributed by atoms with Crippen LogP contribution in [-0.2, 0) is 32.2 Å². The van der Waals surface area contributed by atoms with Gasteiger partial charge in [0, 0.05) is 24.8 Å².